The van der Waals surface area contributed by atoms with Gasteiger partial charge in [-0.3, -0.25) is 4.79 Å². The first kappa shape index (κ1) is 17.0. The standard InChI is InChI=1S/C16H16NO3.BrH/c1-2-20-16(19)14-8-10-17(11-9-14)12-15(18)13-6-4-3-5-7-13;/h3-11H,2,12H2,1H3;1H/q+1;. The normalized spacial score (nSPS) is 9.57. The van der Waals surface area contributed by atoms with Crippen molar-refractivity contribution in [1.82, 2.24) is 0 Å². The monoisotopic (exact) mass is 350 g/mol. The molecule has 0 radical (unpaired) electrons. The van der Waals surface area contributed by atoms with Crippen LogP contribution in [0, 0.1) is 0 Å². The van der Waals surface area contributed by atoms with Gasteiger partial charge in [0.1, 0.15) is 0 Å². The maximum absolute atomic E-state index is 12.0. The predicted octanol–water partition coefficient (Wildman–Crippen LogP) is 2.61. The van der Waals surface area contributed by atoms with Crippen molar-refractivity contribution in [3.05, 3.63) is 66.0 Å². The van der Waals surface area contributed by atoms with Crippen LogP contribution in [0.3, 0.4) is 0 Å². The largest absolute Gasteiger partial charge is 0.462 e. The van der Waals surface area contributed by atoms with Crippen LogP contribution in [0.5, 0.6) is 0 Å². The highest BCUT2D eigenvalue weighted by molar-refractivity contribution is 8.93. The summed E-state index contributed by atoms with van der Waals surface area (Å²) in [6.07, 6.45) is 3.40. The molecule has 1 aromatic heterocycles. The maximum atomic E-state index is 12.0. The number of ether oxygens (including phenoxy) is 1. The summed E-state index contributed by atoms with van der Waals surface area (Å²) in [5, 5.41) is 0. The Labute approximate surface area is 134 Å². The molecule has 0 saturated heterocycles. The second kappa shape index (κ2) is 8.32. The van der Waals surface area contributed by atoms with Crippen LogP contribution >= 0.6 is 17.0 Å². The Morgan fingerprint density at radius 3 is 2.19 bits per heavy atom. The van der Waals surface area contributed by atoms with E-state index in [1.807, 2.05) is 18.2 Å². The van der Waals surface area contributed by atoms with Gasteiger partial charge in [0.15, 0.2) is 12.4 Å². The molecule has 0 aliphatic carbocycles. The fraction of sp³-hybridized carbons (Fsp3) is 0.188. The van der Waals surface area contributed by atoms with Crippen molar-refractivity contribution in [3.8, 4) is 0 Å². The van der Waals surface area contributed by atoms with Crippen LogP contribution in [0.4, 0.5) is 0 Å². The highest BCUT2D eigenvalue weighted by atomic mass is 79.9. The van der Waals surface area contributed by atoms with Crippen LogP contribution in [-0.4, -0.2) is 18.4 Å². The van der Waals surface area contributed by atoms with Gasteiger partial charge in [-0.1, -0.05) is 30.3 Å². The first-order valence-corrected chi connectivity index (χ1v) is 6.45. The summed E-state index contributed by atoms with van der Waals surface area (Å²) < 4.78 is 6.64. The Morgan fingerprint density at radius 2 is 1.62 bits per heavy atom. The average molecular weight is 351 g/mol. The fourth-order valence-corrected chi connectivity index (χ4v) is 1.79. The van der Waals surface area contributed by atoms with Gasteiger partial charge in [0, 0.05) is 17.7 Å². The molecule has 4 nitrogen and oxygen atoms in total. The highest BCUT2D eigenvalue weighted by Crippen LogP contribution is 2.01. The van der Waals surface area contributed by atoms with E-state index in [1.165, 1.54) is 0 Å². The number of aromatic nitrogens is 1. The molecule has 110 valence electrons. The van der Waals surface area contributed by atoms with Crippen LogP contribution in [0.25, 0.3) is 0 Å². The number of nitrogens with zero attached hydrogens (tertiary/aromatic N) is 1. The molecule has 0 aliphatic rings. The van der Waals surface area contributed by atoms with E-state index in [0.717, 1.165) is 0 Å². The number of ketones is 1. The van der Waals surface area contributed by atoms with Crippen LogP contribution in [0.2, 0.25) is 0 Å². The molecule has 0 bridgehead atoms. The fourth-order valence-electron chi connectivity index (χ4n) is 1.79. The van der Waals surface area contributed by atoms with E-state index >= 15 is 0 Å². The lowest BCUT2D eigenvalue weighted by Crippen LogP contribution is -2.37. The first-order chi connectivity index (χ1) is 9.70. The number of hydrogen-bond donors (Lipinski definition) is 0. The molecule has 2 rings (SSSR count). The molecule has 1 heterocycles. The summed E-state index contributed by atoms with van der Waals surface area (Å²) >= 11 is 0. The van der Waals surface area contributed by atoms with Crippen molar-refractivity contribution in [2.45, 2.75) is 13.5 Å². The number of Topliss-reactive ketones (excluding diaryl/α,β-unsaturated/α-hetero) is 1. The highest BCUT2D eigenvalue weighted by Gasteiger charge is 2.13. The lowest BCUT2D eigenvalue weighted by Gasteiger charge is -2.01. The number of halogens is 1. The van der Waals surface area contributed by atoms with Gasteiger partial charge < -0.3 is 4.74 Å². The van der Waals surface area contributed by atoms with E-state index < -0.39 is 0 Å². The van der Waals surface area contributed by atoms with Gasteiger partial charge in [0.2, 0.25) is 12.3 Å². The Hall–Kier alpha value is -2.01. The summed E-state index contributed by atoms with van der Waals surface area (Å²) in [6, 6.07) is 12.4. The zero-order valence-electron chi connectivity index (χ0n) is 11.7. The quantitative estimate of drug-likeness (QED) is 0.473. The smallest absolute Gasteiger partial charge is 0.338 e. The molecule has 0 unspecified atom stereocenters. The van der Waals surface area contributed by atoms with Crippen LogP contribution in [-0.2, 0) is 11.3 Å². The molecule has 1 aromatic carbocycles. The molecule has 0 aliphatic heterocycles. The molecular formula is C16H17BrNO3+. The lowest BCUT2D eigenvalue weighted by atomic mass is 10.1. The van der Waals surface area contributed by atoms with Crippen LogP contribution in [0.1, 0.15) is 27.6 Å². The molecule has 0 saturated carbocycles. The SMILES string of the molecule is Br.CCOC(=O)c1cc[n+](CC(=O)c2ccccc2)cc1. The zero-order chi connectivity index (χ0) is 14.4. The summed E-state index contributed by atoms with van der Waals surface area (Å²) in [7, 11) is 0. The lowest BCUT2D eigenvalue weighted by molar-refractivity contribution is -0.683. The number of hydrogen-bond acceptors (Lipinski definition) is 3. The van der Waals surface area contributed by atoms with E-state index in [4.69, 9.17) is 4.74 Å². The Morgan fingerprint density at radius 1 is 1.00 bits per heavy atom. The molecule has 0 spiro atoms. The second-order valence-corrected chi connectivity index (χ2v) is 4.27. The summed E-state index contributed by atoms with van der Waals surface area (Å²) in [5.41, 5.74) is 1.16. The number of benzene rings is 1. The van der Waals surface area contributed by atoms with Crippen molar-refractivity contribution in [2.24, 2.45) is 0 Å². The van der Waals surface area contributed by atoms with Crippen LogP contribution in [0.15, 0.2) is 54.9 Å². The molecule has 0 fully saturated rings. The van der Waals surface area contributed by atoms with E-state index in [0.29, 0.717) is 17.7 Å². The molecule has 0 N–H and O–H groups in total. The van der Waals surface area contributed by atoms with Crippen molar-refractivity contribution in [2.75, 3.05) is 6.61 Å². The van der Waals surface area contributed by atoms with E-state index in [2.05, 4.69) is 0 Å². The van der Waals surface area contributed by atoms with Gasteiger partial charge in [-0.15, -0.1) is 17.0 Å². The number of esters is 1. The second-order valence-electron chi connectivity index (χ2n) is 4.27. The first-order valence-electron chi connectivity index (χ1n) is 6.45. The Balaban J connectivity index is 0.00000220. The minimum atomic E-state index is -0.353. The number of rotatable bonds is 5. The predicted molar refractivity (Wildman–Crippen MR) is 83.7 cm³/mol. The van der Waals surface area contributed by atoms with Gasteiger partial charge in [-0.05, 0) is 6.92 Å². The third-order valence-corrected chi connectivity index (χ3v) is 2.82. The van der Waals surface area contributed by atoms with Crippen molar-refractivity contribution < 1.29 is 18.9 Å². The number of carbonyl (C=O) groups is 2. The van der Waals surface area contributed by atoms with E-state index in [1.54, 1.807) is 48.1 Å². The molecular weight excluding hydrogens is 334 g/mol. The number of carbonyl (C=O) groups excluding carboxylic acids is 2. The molecule has 21 heavy (non-hydrogen) atoms. The minimum Gasteiger partial charge on any atom is -0.462 e. The summed E-state index contributed by atoms with van der Waals surface area (Å²) in [6.45, 7) is 2.35. The molecule has 0 atom stereocenters. The number of pyridine rings is 1. The van der Waals surface area contributed by atoms with Gasteiger partial charge in [-0.2, -0.15) is 4.57 Å². The third kappa shape index (κ3) is 4.79. The Bertz CT molecular complexity index is 597. The van der Waals surface area contributed by atoms with Gasteiger partial charge in [0.05, 0.1) is 12.2 Å². The van der Waals surface area contributed by atoms with Crippen molar-refractivity contribution in [1.29, 1.82) is 0 Å². The average Bonchev–Trinajstić information content (AvgIpc) is 2.49. The maximum Gasteiger partial charge on any atom is 0.338 e. The van der Waals surface area contributed by atoms with Crippen molar-refractivity contribution >= 4 is 28.7 Å². The zero-order valence-corrected chi connectivity index (χ0v) is 13.4. The molecule has 2 aromatic rings. The summed E-state index contributed by atoms with van der Waals surface area (Å²) in [4.78, 5) is 23.5. The van der Waals surface area contributed by atoms with Gasteiger partial charge in [-0.25, -0.2) is 4.79 Å². The van der Waals surface area contributed by atoms with Gasteiger partial charge >= 0.3 is 5.97 Å². The van der Waals surface area contributed by atoms with Gasteiger partial charge in [0.25, 0.3) is 0 Å². The molecule has 5 heteroatoms. The van der Waals surface area contributed by atoms with E-state index in [9.17, 15) is 9.59 Å². The topological polar surface area (TPSA) is 47.2 Å². The van der Waals surface area contributed by atoms with Crippen molar-refractivity contribution in [3.63, 3.8) is 0 Å². The molecule has 0 amide bonds. The van der Waals surface area contributed by atoms with E-state index in [-0.39, 0.29) is 35.3 Å². The minimum absolute atomic E-state index is 0. The summed E-state index contributed by atoms with van der Waals surface area (Å²) in [5.74, 6) is -0.325. The third-order valence-electron chi connectivity index (χ3n) is 2.82. The van der Waals surface area contributed by atoms with Crippen LogP contribution < -0.4 is 4.57 Å². The Kier molecular flexibility index (Phi) is 6.75.